The van der Waals surface area contributed by atoms with Crippen molar-refractivity contribution < 1.29 is 4.74 Å². The van der Waals surface area contributed by atoms with E-state index in [2.05, 4.69) is 4.98 Å². The minimum atomic E-state index is 0.424. The molecule has 1 aliphatic rings. The summed E-state index contributed by atoms with van der Waals surface area (Å²) >= 11 is 0. The van der Waals surface area contributed by atoms with E-state index in [0.717, 1.165) is 11.4 Å². The van der Waals surface area contributed by atoms with Crippen LogP contribution < -0.4 is 4.74 Å². The molecule has 2 rings (SSSR count). The third-order valence-electron chi connectivity index (χ3n) is 2.74. The van der Waals surface area contributed by atoms with Gasteiger partial charge in [-0.15, -0.1) is 0 Å². The number of aryl methyl sites for hydroxylation is 1. The number of hydrogen-bond donors (Lipinski definition) is 0. The zero-order chi connectivity index (χ0) is 9.80. The molecule has 0 aliphatic heterocycles. The Morgan fingerprint density at radius 3 is 2.64 bits per heavy atom. The molecule has 1 aromatic heterocycles. The average molecular weight is 191 g/mol. The number of aromatic nitrogens is 1. The van der Waals surface area contributed by atoms with Crippen molar-refractivity contribution in [2.45, 2.75) is 45.1 Å². The predicted octanol–water partition coefficient (Wildman–Crippen LogP) is 3.10. The highest BCUT2D eigenvalue weighted by atomic mass is 16.5. The Morgan fingerprint density at radius 2 is 2.00 bits per heavy atom. The topological polar surface area (TPSA) is 22.1 Å². The van der Waals surface area contributed by atoms with E-state index in [4.69, 9.17) is 4.74 Å². The van der Waals surface area contributed by atoms with Gasteiger partial charge in [-0.1, -0.05) is 6.42 Å². The number of pyridine rings is 1. The van der Waals surface area contributed by atoms with Crippen molar-refractivity contribution in [3.8, 4) is 5.75 Å². The fourth-order valence-corrected chi connectivity index (χ4v) is 1.90. The van der Waals surface area contributed by atoms with E-state index in [0.29, 0.717) is 6.10 Å². The summed E-state index contributed by atoms with van der Waals surface area (Å²) in [5, 5.41) is 0. The molecule has 1 heterocycles. The fourth-order valence-electron chi connectivity index (χ4n) is 1.90. The van der Waals surface area contributed by atoms with Crippen molar-refractivity contribution in [3.63, 3.8) is 0 Å². The molecule has 0 bridgehead atoms. The lowest BCUT2D eigenvalue weighted by Crippen LogP contribution is -2.19. The number of nitrogens with zero attached hydrogens (tertiary/aromatic N) is 1. The summed E-state index contributed by atoms with van der Waals surface area (Å²) in [5.74, 6) is 0.919. The van der Waals surface area contributed by atoms with E-state index < -0.39 is 0 Å². The molecule has 0 aromatic carbocycles. The largest absolute Gasteiger partial charge is 0.489 e. The zero-order valence-electron chi connectivity index (χ0n) is 8.70. The summed E-state index contributed by atoms with van der Waals surface area (Å²) < 4.78 is 5.85. The van der Waals surface area contributed by atoms with Crippen molar-refractivity contribution in [2.24, 2.45) is 0 Å². The van der Waals surface area contributed by atoms with Gasteiger partial charge in [-0.2, -0.15) is 0 Å². The van der Waals surface area contributed by atoms with Gasteiger partial charge in [0.15, 0.2) is 0 Å². The maximum atomic E-state index is 5.85. The van der Waals surface area contributed by atoms with Crippen molar-refractivity contribution in [1.82, 2.24) is 4.98 Å². The van der Waals surface area contributed by atoms with Gasteiger partial charge < -0.3 is 4.74 Å². The van der Waals surface area contributed by atoms with E-state index in [1.54, 1.807) is 0 Å². The summed E-state index contributed by atoms with van der Waals surface area (Å²) in [4.78, 5) is 4.22. The molecular weight excluding hydrogens is 174 g/mol. The van der Waals surface area contributed by atoms with Gasteiger partial charge in [-0.05, 0) is 44.7 Å². The lowest BCUT2D eigenvalue weighted by atomic mass is 9.98. The Morgan fingerprint density at radius 1 is 1.21 bits per heavy atom. The zero-order valence-corrected chi connectivity index (χ0v) is 8.70. The molecule has 0 spiro atoms. The van der Waals surface area contributed by atoms with Gasteiger partial charge in [0.05, 0.1) is 12.3 Å². The third-order valence-corrected chi connectivity index (χ3v) is 2.74. The standard InChI is InChI=1S/C12H17NO/c1-10-7-8-12(9-13-10)14-11-5-3-2-4-6-11/h7-9,11H,2-6H2,1H3. The van der Waals surface area contributed by atoms with Crippen LogP contribution in [0.2, 0.25) is 0 Å². The fraction of sp³-hybridized carbons (Fsp3) is 0.583. The normalized spacial score (nSPS) is 18.1. The maximum Gasteiger partial charge on any atom is 0.138 e. The second-order valence-corrected chi connectivity index (χ2v) is 4.01. The Kier molecular flexibility index (Phi) is 3.02. The highest BCUT2D eigenvalue weighted by Gasteiger charge is 2.14. The first-order valence-electron chi connectivity index (χ1n) is 5.44. The first-order valence-corrected chi connectivity index (χ1v) is 5.44. The van der Waals surface area contributed by atoms with Crippen molar-refractivity contribution in [2.75, 3.05) is 0 Å². The average Bonchev–Trinajstić information content (AvgIpc) is 2.23. The van der Waals surface area contributed by atoms with Crippen molar-refractivity contribution in [1.29, 1.82) is 0 Å². The smallest absolute Gasteiger partial charge is 0.138 e. The van der Waals surface area contributed by atoms with Crippen LogP contribution in [0.4, 0.5) is 0 Å². The van der Waals surface area contributed by atoms with E-state index in [9.17, 15) is 0 Å². The van der Waals surface area contributed by atoms with Crippen LogP contribution in [0.25, 0.3) is 0 Å². The summed E-state index contributed by atoms with van der Waals surface area (Å²) in [6.45, 7) is 1.99. The quantitative estimate of drug-likeness (QED) is 0.716. The van der Waals surface area contributed by atoms with E-state index in [1.807, 2.05) is 25.3 Å². The molecule has 0 N–H and O–H groups in total. The van der Waals surface area contributed by atoms with Gasteiger partial charge in [0.1, 0.15) is 5.75 Å². The molecule has 0 atom stereocenters. The molecule has 0 saturated heterocycles. The third kappa shape index (κ3) is 2.47. The molecule has 1 aliphatic carbocycles. The van der Waals surface area contributed by atoms with E-state index >= 15 is 0 Å². The summed E-state index contributed by atoms with van der Waals surface area (Å²) in [6, 6.07) is 4.01. The summed E-state index contributed by atoms with van der Waals surface area (Å²) in [6.07, 6.45) is 8.64. The predicted molar refractivity (Wildman–Crippen MR) is 56.5 cm³/mol. The lowest BCUT2D eigenvalue weighted by Gasteiger charge is -2.22. The van der Waals surface area contributed by atoms with Gasteiger partial charge in [-0.25, -0.2) is 0 Å². The number of rotatable bonds is 2. The summed E-state index contributed by atoms with van der Waals surface area (Å²) in [5.41, 5.74) is 1.04. The van der Waals surface area contributed by atoms with Crippen LogP contribution >= 0.6 is 0 Å². The van der Waals surface area contributed by atoms with Gasteiger partial charge in [0.2, 0.25) is 0 Å². The van der Waals surface area contributed by atoms with Crippen LogP contribution in [0.1, 0.15) is 37.8 Å². The molecule has 2 nitrogen and oxygen atoms in total. The second-order valence-electron chi connectivity index (χ2n) is 4.01. The lowest BCUT2D eigenvalue weighted by molar-refractivity contribution is 0.154. The van der Waals surface area contributed by atoms with Crippen LogP contribution in [0.3, 0.4) is 0 Å². The van der Waals surface area contributed by atoms with Crippen LogP contribution in [0.5, 0.6) is 5.75 Å². The minimum absolute atomic E-state index is 0.424. The van der Waals surface area contributed by atoms with E-state index in [-0.39, 0.29) is 0 Å². The molecule has 0 amide bonds. The monoisotopic (exact) mass is 191 g/mol. The molecular formula is C12H17NO. The Balaban J connectivity index is 1.92. The molecule has 0 radical (unpaired) electrons. The molecule has 1 saturated carbocycles. The molecule has 0 unspecified atom stereocenters. The Hall–Kier alpha value is -1.05. The van der Waals surface area contributed by atoms with Gasteiger partial charge in [-0.3, -0.25) is 4.98 Å². The van der Waals surface area contributed by atoms with Crippen LogP contribution in [0, 0.1) is 6.92 Å². The van der Waals surface area contributed by atoms with Crippen molar-refractivity contribution in [3.05, 3.63) is 24.0 Å². The molecule has 1 fully saturated rings. The Labute approximate surface area is 85.3 Å². The van der Waals surface area contributed by atoms with Crippen LogP contribution in [0.15, 0.2) is 18.3 Å². The molecule has 2 heteroatoms. The first kappa shape index (κ1) is 9.50. The van der Waals surface area contributed by atoms with Crippen molar-refractivity contribution >= 4 is 0 Å². The van der Waals surface area contributed by atoms with Gasteiger partial charge in [0.25, 0.3) is 0 Å². The molecule has 1 aromatic rings. The highest BCUT2D eigenvalue weighted by Crippen LogP contribution is 2.22. The second kappa shape index (κ2) is 4.45. The highest BCUT2D eigenvalue weighted by molar-refractivity contribution is 5.19. The minimum Gasteiger partial charge on any atom is -0.489 e. The number of ether oxygens (including phenoxy) is 1. The first-order chi connectivity index (χ1) is 6.84. The van der Waals surface area contributed by atoms with E-state index in [1.165, 1.54) is 32.1 Å². The Bertz CT molecular complexity index is 275. The summed E-state index contributed by atoms with van der Waals surface area (Å²) in [7, 11) is 0. The maximum absolute atomic E-state index is 5.85. The number of hydrogen-bond acceptors (Lipinski definition) is 2. The van der Waals surface area contributed by atoms with Crippen LogP contribution in [-0.4, -0.2) is 11.1 Å². The molecule has 14 heavy (non-hydrogen) atoms. The van der Waals surface area contributed by atoms with Gasteiger partial charge >= 0.3 is 0 Å². The van der Waals surface area contributed by atoms with Gasteiger partial charge in [0, 0.05) is 5.69 Å². The van der Waals surface area contributed by atoms with Crippen LogP contribution in [-0.2, 0) is 0 Å². The molecule has 76 valence electrons. The SMILES string of the molecule is Cc1ccc(OC2CCCCC2)cn1.